The largest absolute Gasteiger partial charge is 0.491 e. The van der Waals surface area contributed by atoms with Crippen molar-refractivity contribution in [2.24, 2.45) is 5.73 Å². The van der Waals surface area contributed by atoms with Crippen LogP contribution in [-0.2, 0) is 16.1 Å². The fraction of sp³-hybridized carbons (Fsp3) is 0.318. The van der Waals surface area contributed by atoms with Gasteiger partial charge in [-0.1, -0.05) is 43.6 Å². The number of nitrogens with two attached hydrogens (primary N) is 1. The summed E-state index contributed by atoms with van der Waals surface area (Å²) >= 11 is 6.31. The number of carbonyl (C=O) groups excluding carboxylic acids is 3. The first kappa shape index (κ1) is 24.7. The molecule has 0 saturated heterocycles. The predicted molar refractivity (Wildman–Crippen MR) is 112 cm³/mol. The summed E-state index contributed by atoms with van der Waals surface area (Å²) in [5.74, 6) is -4.89. The summed E-state index contributed by atoms with van der Waals surface area (Å²) in [6.07, 6.45) is -4.99. The van der Waals surface area contributed by atoms with E-state index in [0.717, 1.165) is 17.2 Å². The summed E-state index contributed by atoms with van der Waals surface area (Å²) in [5.41, 5.74) is 7.12. The molecule has 1 unspecified atom stereocenters. The number of carbonyl (C=O) groups is 3. The van der Waals surface area contributed by atoms with Crippen molar-refractivity contribution in [3.63, 3.8) is 0 Å². The highest BCUT2D eigenvalue weighted by molar-refractivity contribution is 6.31. The molecule has 1 heterocycles. The lowest BCUT2D eigenvalue weighted by molar-refractivity contribution is -0.189. The van der Waals surface area contributed by atoms with Gasteiger partial charge in [0.2, 0.25) is 0 Å². The molecule has 0 fully saturated rings. The highest BCUT2D eigenvalue weighted by Gasteiger charge is 2.44. The van der Waals surface area contributed by atoms with Crippen LogP contribution in [0.15, 0.2) is 36.4 Å². The van der Waals surface area contributed by atoms with Gasteiger partial charge in [-0.05, 0) is 41.7 Å². The van der Waals surface area contributed by atoms with Crippen molar-refractivity contribution in [3.05, 3.63) is 63.7 Å². The molecular formula is C22H20ClF3N2O5. The van der Waals surface area contributed by atoms with Crippen LogP contribution in [0, 0.1) is 0 Å². The number of halogens is 4. The SMILES string of the molecule is CC(C)c1ccc(CC(N)CON2C(=O)c3cccc(OC(=O)C(F)(F)F)c3C2=O)c(Cl)c1. The van der Waals surface area contributed by atoms with Crippen molar-refractivity contribution in [1.29, 1.82) is 0 Å². The lowest BCUT2D eigenvalue weighted by Gasteiger charge is -2.18. The van der Waals surface area contributed by atoms with E-state index in [-0.39, 0.29) is 18.6 Å². The van der Waals surface area contributed by atoms with Gasteiger partial charge in [0.15, 0.2) is 0 Å². The summed E-state index contributed by atoms with van der Waals surface area (Å²) in [6, 6.07) is 8.31. The molecule has 33 heavy (non-hydrogen) atoms. The molecule has 2 aromatic carbocycles. The second-order valence-electron chi connectivity index (χ2n) is 7.74. The molecule has 3 rings (SSSR count). The third kappa shape index (κ3) is 5.35. The Hall–Kier alpha value is -2.95. The standard InChI is InChI=1S/C22H20ClF3N2O5/c1-11(2)12-6-7-13(16(23)9-12)8-14(27)10-32-28-19(29)15-4-3-5-17(18(15)20(28)30)33-21(31)22(24,25)26/h3-7,9,11,14H,8,10,27H2,1-2H3. The topological polar surface area (TPSA) is 98.9 Å². The molecule has 176 valence electrons. The van der Waals surface area contributed by atoms with E-state index in [9.17, 15) is 27.6 Å². The average molecular weight is 485 g/mol. The van der Waals surface area contributed by atoms with Gasteiger partial charge in [0, 0.05) is 11.1 Å². The van der Waals surface area contributed by atoms with E-state index in [1.165, 1.54) is 12.1 Å². The number of esters is 1. The smallest absolute Gasteiger partial charge is 0.419 e. The molecule has 1 atom stereocenters. The van der Waals surface area contributed by atoms with Gasteiger partial charge in [-0.3, -0.25) is 14.4 Å². The van der Waals surface area contributed by atoms with E-state index in [1.807, 2.05) is 32.0 Å². The minimum absolute atomic E-state index is 0.256. The van der Waals surface area contributed by atoms with Gasteiger partial charge in [-0.2, -0.15) is 13.2 Å². The maximum atomic E-state index is 12.6. The van der Waals surface area contributed by atoms with Crippen molar-refractivity contribution in [1.82, 2.24) is 5.06 Å². The Bertz CT molecular complexity index is 1100. The number of nitrogens with zero attached hydrogens (tertiary/aromatic N) is 1. The summed E-state index contributed by atoms with van der Waals surface area (Å²) < 4.78 is 41.9. The zero-order valence-corrected chi connectivity index (χ0v) is 18.4. The molecule has 1 aliphatic rings. The van der Waals surface area contributed by atoms with Crippen LogP contribution in [0.4, 0.5) is 13.2 Å². The average Bonchev–Trinajstić information content (AvgIpc) is 2.98. The number of alkyl halides is 3. The van der Waals surface area contributed by atoms with Crippen LogP contribution in [-0.4, -0.2) is 41.7 Å². The Labute approximate surface area is 192 Å². The van der Waals surface area contributed by atoms with E-state index in [2.05, 4.69) is 4.74 Å². The lowest BCUT2D eigenvalue weighted by atomic mass is 9.99. The van der Waals surface area contributed by atoms with Gasteiger partial charge >= 0.3 is 12.1 Å². The first-order valence-electron chi connectivity index (χ1n) is 9.87. The fourth-order valence-electron chi connectivity index (χ4n) is 3.19. The monoisotopic (exact) mass is 484 g/mol. The van der Waals surface area contributed by atoms with Crippen molar-refractivity contribution in [2.75, 3.05) is 6.61 Å². The zero-order valence-electron chi connectivity index (χ0n) is 17.6. The van der Waals surface area contributed by atoms with E-state index < -0.39 is 41.3 Å². The second-order valence-corrected chi connectivity index (χ2v) is 8.14. The minimum atomic E-state index is -5.27. The molecule has 2 N–H and O–H groups in total. The third-order valence-electron chi connectivity index (χ3n) is 4.92. The highest BCUT2D eigenvalue weighted by Crippen LogP contribution is 2.32. The third-order valence-corrected chi connectivity index (χ3v) is 5.27. The molecule has 0 aliphatic carbocycles. The van der Waals surface area contributed by atoms with E-state index in [0.29, 0.717) is 16.0 Å². The summed E-state index contributed by atoms with van der Waals surface area (Å²) in [5, 5.41) is 0.910. The number of benzene rings is 2. The Kier molecular flexibility index (Phi) is 7.11. The number of hydroxylamine groups is 2. The Morgan fingerprint density at radius 1 is 1.15 bits per heavy atom. The van der Waals surface area contributed by atoms with Crippen LogP contribution >= 0.6 is 11.6 Å². The molecule has 0 spiro atoms. The van der Waals surface area contributed by atoms with Gasteiger partial charge in [0.25, 0.3) is 11.8 Å². The maximum Gasteiger partial charge on any atom is 0.491 e. The van der Waals surface area contributed by atoms with Gasteiger partial charge in [0.05, 0.1) is 17.7 Å². The number of rotatable bonds is 7. The Balaban J connectivity index is 1.69. The number of ether oxygens (including phenoxy) is 1. The van der Waals surface area contributed by atoms with Crippen LogP contribution < -0.4 is 10.5 Å². The normalized spacial score (nSPS) is 14.6. The van der Waals surface area contributed by atoms with Crippen LogP contribution in [0.1, 0.15) is 51.6 Å². The van der Waals surface area contributed by atoms with Gasteiger partial charge in [0.1, 0.15) is 5.75 Å². The summed E-state index contributed by atoms with van der Waals surface area (Å²) in [6.45, 7) is 3.80. The summed E-state index contributed by atoms with van der Waals surface area (Å²) in [7, 11) is 0. The highest BCUT2D eigenvalue weighted by atomic mass is 35.5. The van der Waals surface area contributed by atoms with E-state index >= 15 is 0 Å². The Morgan fingerprint density at radius 3 is 2.45 bits per heavy atom. The minimum Gasteiger partial charge on any atom is -0.419 e. The lowest BCUT2D eigenvalue weighted by Crippen LogP contribution is -2.37. The quantitative estimate of drug-likeness (QED) is 0.362. The molecule has 2 amide bonds. The molecule has 11 heteroatoms. The number of hydrogen-bond donors (Lipinski definition) is 1. The molecule has 7 nitrogen and oxygen atoms in total. The number of imide groups is 1. The molecule has 0 radical (unpaired) electrons. The first-order valence-corrected chi connectivity index (χ1v) is 10.3. The van der Waals surface area contributed by atoms with Crippen molar-refractivity contribution in [3.8, 4) is 5.75 Å². The molecule has 1 aliphatic heterocycles. The van der Waals surface area contributed by atoms with Crippen molar-refractivity contribution in [2.45, 2.75) is 38.4 Å². The van der Waals surface area contributed by atoms with Crippen LogP contribution in [0.2, 0.25) is 5.02 Å². The van der Waals surface area contributed by atoms with Gasteiger partial charge in [-0.25, -0.2) is 4.79 Å². The predicted octanol–water partition coefficient (Wildman–Crippen LogP) is 4.03. The van der Waals surface area contributed by atoms with Crippen LogP contribution in [0.3, 0.4) is 0 Å². The number of fused-ring (bicyclic) bond motifs is 1. The van der Waals surface area contributed by atoms with Crippen molar-refractivity contribution < 1.29 is 37.1 Å². The zero-order chi connectivity index (χ0) is 24.5. The Morgan fingerprint density at radius 2 is 1.85 bits per heavy atom. The van der Waals surface area contributed by atoms with E-state index in [1.54, 1.807) is 0 Å². The molecular weight excluding hydrogens is 465 g/mol. The number of amides is 2. The summed E-state index contributed by atoms with van der Waals surface area (Å²) in [4.78, 5) is 41.6. The van der Waals surface area contributed by atoms with Crippen LogP contribution in [0.25, 0.3) is 0 Å². The molecule has 0 aromatic heterocycles. The maximum absolute atomic E-state index is 12.6. The molecule has 2 aromatic rings. The van der Waals surface area contributed by atoms with Gasteiger partial charge < -0.3 is 10.5 Å². The second kappa shape index (κ2) is 9.50. The van der Waals surface area contributed by atoms with E-state index in [4.69, 9.17) is 22.2 Å². The molecule has 0 saturated carbocycles. The first-order chi connectivity index (χ1) is 15.4. The number of hydrogen-bond acceptors (Lipinski definition) is 6. The van der Waals surface area contributed by atoms with Gasteiger partial charge in [-0.15, -0.1) is 5.06 Å². The van der Waals surface area contributed by atoms with Crippen LogP contribution in [0.5, 0.6) is 5.75 Å². The fourth-order valence-corrected chi connectivity index (χ4v) is 3.46. The van der Waals surface area contributed by atoms with Crippen molar-refractivity contribution >= 4 is 29.4 Å². The molecule has 0 bridgehead atoms.